The Hall–Kier alpha value is -0.880. The lowest BCUT2D eigenvalue weighted by Gasteiger charge is -2.38. The second kappa shape index (κ2) is 7.86. The monoisotopic (exact) mass is 415 g/mol. The molecule has 27 heavy (non-hydrogen) atoms. The van der Waals surface area contributed by atoms with Crippen LogP contribution in [-0.2, 0) is 4.79 Å². The molecule has 0 unspecified atom stereocenters. The number of benzene rings is 1. The molecule has 4 heterocycles. The molecule has 0 aromatic heterocycles. The number of likely N-dealkylation sites (tertiary alicyclic amines) is 1. The van der Waals surface area contributed by atoms with Crippen LogP contribution in [0.2, 0.25) is 0 Å². The second-order valence-corrected chi connectivity index (χ2v) is 8.27. The molecule has 1 N–H and O–H groups in total. The minimum absolute atomic E-state index is 0. The average Bonchev–Trinajstić information content (AvgIpc) is 3.33. The highest BCUT2D eigenvalue weighted by atomic mass is 35.5. The van der Waals surface area contributed by atoms with Crippen molar-refractivity contribution < 1.29 is 9.18 Å². The van der Waals surface area contributed by atoms with E-state index >= 15 is 0 Å². The molecule has 0 spiro atoms. The number of halogens is 3. The van der Waals surface area contributed by atoms with E-state index in [9.17, 15) is 9.18 Å². The molecule has 0 saturated carbocycles. The van der Waals surface area contributed by atoms with E-state index < -0.39 is 0 Å². The van der Waals surface area contributed by atoms with Gasteiger partial charge in [0.25, 0.3) is 0 Å². The zero-order valence-corrected chi connectivity index (χ0v) is 17.0. The maximum Gasteiger partial charge on any atom is 0.243 e. The van der Waals surface area contributed by atoms with Gasteiger partial charge in [-0.1, -0.05) is 12.1 Å². The number of hydrogen-bond donors (Lipinski definition) is 1. The fourth-order valence-electron chi connectivity index (χ4n) is 5.97. The zero-order valence-electron chi connectivity index (χ0n) is 15.4. The Morgan fingerprint density at radius 3 is 2.59 bits per heavy atom. The first-order valence-electron chi connectivity index (χ1n) is 9.71. The Morgan fingerprint density at radius 1 is 1.15 bits per heavy atom. The molecular formula is C20H28Cl2FN3O. The second-order valence-electron chi connectivity index (χ2n) is 8.27. The van der Waals surface area contributed by atoms with Crippen LogP contribution < -0.4 is 5.32 Å². The van der Waals surface area contributed by atoms with Crippen LogP contribution >= 0.6 is 24.8 Å². The molecule has 4 nitrogen and oxygen atoms in total. The van der Waals surface area contributed by atoms with Crippen LogP contribution in [0.5, 0.6) is 0 Å². The normalized spacial score (nSPS) is 31.1. The van der Waals surface area contributed by atoms with Gasteiger partial charge in [-0.15, -0.1) is 24.8 Å². The van der Waals surface area contributed by atoms with E-state index in [1.165, 1.54) is 6.07 Å². The van der Waals surface area contributed by atoms with Crippen LogP contribution in [0, 0.1) is 17.7 Å². The summed E-state index contributed by atoms with van der Waals surface area (Å²) in [6.45, 7) is 4.81. The van der Waals surface area contributed by atoms with Gasteiger partial charge in [-0.25, -0.2) is 4.39 Å². The quantitative estimate of drug-likeness (QED) is 0.805. The molecule has 0 radical (unpaired) electrons. The van der Waals surface area contributed by atoms with E-state index in [1.54, 1.807) is 12.1 Å². The molecule has 7 heteroatoms. The molecular weight excluding hydrogens is 388 g/mol. The maximum absolute atomic E-state index is 13.9. The molecule has 150 valence electrons. The number of rotatable bonds is 2. The summed E-state index contributed by atoms with van der Waals surface area (Å²) in [5.74, 6) is 0.996. The van der Waals surface area contributed by atoms with Crippen molar-refractivity contribution in [2.45, 2.75) is 37.3 Å². The minimum atomic E-state index is -0.266. The zero-order chi connectivity index (χ0) is 17.0. The standard InChI is InChI=1S/C20H26FN3O.2ClH/c21-16-5-1-4-14(10-16)18-17-12-22-11-15(17)13-24(18)19(25)20-6-2-8-23(20)9-3-7-20;;/h1,4-5,10,15,17-18,22H,2-3,6-9,11-13H2;2*1H/t15-,17-,18-;;/m0../s1. The summed E-state index contributed by atoms with van der Waals surface area (Å²) in [4.78, 5) is 18.3. The summed E-state index contributed by atoms with van der Waals surface area (Å²) in [5, 5.41) is 3.47. The van der Waals surface area contributed by atoms with Gasteiger partial charge in [0.2, 0.25) is 5.91 Å². The lowest BCUT2D eigenvalue weighted by molar-refractivity contribution is -0.143. The summed E-state index contributed by atoms with van der Waals surface area (Å²) in [5.41, 5.74) is 0.695. The molecule has 1 amide bonds. The topological polar surface area (TPSA) is 35.6 Å². The van der Waals surface area contributed by atoms with Crippen molar-refractivity contribution >= 4 is 30.7 Å². The van der Waals surface area contributed by atoms with Crippen molar-refractivity contribution in [3.05, 3.63) is 35.6 Å². The maximum atomic E-state index is 13.9. The van der Waals surface area contributed by atoms with Crippen molar-refractivity contribution in [1.29, 1.82) is 0 Å². The van der Waals surface area contributed by atoms with Gasteiger partial charge in [0.1, 0.15) is 11.4 Å². The summed E-state index contributed by atoms with van der Waals surface area (Å²) in [6.07, 6.45) is 4.23. The number of amides is 1. The third-order valence-electron chi connectivity index (χ3n) is 7.06. The van der Waals surface area contributed by atoms with Gasteiger partial charge >= 0.3 is 0 Å². The first-order valence-corrected chi connectivity index (χ1v) is 9.71. The Morgan fingerprint density at radius 2 is 1.89 bits per heavy atom. The molecule has 4 saturated heterocycles. The van der Waals surface area contributed by atoms with Gasteiger partial charge in [0, 0.05) is 25.6 Å². The number of carbonyl (C=O) groups excluding carboxylic acids is 1. The van der Waals surface area contributed by atoms with E-state index in [1.807, 2.05) is 6.07 Å². The van der Waals surface area contributed by atoms with Crippen molar-refractivity contribution in [2.75, 3.05) is 32.7 Å². The summed E-state index contributed by atoms with van der Waals surface area (Å²) >= 11 is 0. The van der Waals surface area contributed by atoms with Gasteiger partial charge in [-0.3, -0.25) is 9.69 Å². The van der Waals surface area contributed by atoms with E-state index in [-0.39, 0.29) is 42.2 Å². The molecule has 1 aromatic carbocycles. The fourth-order valence-corrected chi connectivity index (χ4v) is 5.97. The Kier molecular flexibility index (Phi) is 6.07. The third kappa shape index (κ3) is 3.17. The first-order chi connectivity index (χ1) is 12.2. The Bertz CT molecular complexity index is 694. The highest BCUT2D eigenvalue weighted by molar-refractivity contribution is 5.88. The third-order valence-corrected chi connectivity index (χ3v) is 7.06. The van der Waals surface area contributed by atoms with Gasteiger partial charge < -0.3 is 10.2 Å². The fraction of sp³-hybridized carbons (Fsp3) is 0.650. The highest BCUT2D eigenvalue weighted by Gasteiger charge is 2.56. The highest BCUT2D eigenvalue weighted by Crippen LogP contribution is 2.47. The average molecular weight is 416 g/mol. The molecule has 3 atom stereocenters. The molecule has 5 rings (SSSR count). The summed E-state index contributed by atoms with van der Waals surface area (Å²) < 4.78 is 13.9. The van der Waals surface area contributed by atoms with Crippen LogP contribution in [-0.4, -0.2) is 54.0 Å². The van der Waals surface area contributed by atoms with Crippen LogP contribution in [0.15, 0.2) is 24.3 Å². The Labute approximate surface area is 172 Å². The van der Waals surface area contributed by atoms with Crippen LogP contribution in [0.3, 0.4) is 0 Å². The van der Waals surface area contributed by atoms with Crippen molar-refractivity contribution in [3.63, 3.8) is 0 Å². The predicted molar refractivity (Wildman–Crippen MR) is 108 cm³/mol. The predicted octanol–water partition coefficient (Wildman–Crippen LogP) is 3.02. The first kappa shape index (κ1) is 20.8. The van der Waals surface area contributed by atoms with E-state index in [4.69, 9.17) is 0 Å². The largest absolute Gasteiger partial charge is 0.333 e. The lowest BCUT2D eigenvalue weighted by Crippen LogP contribution is -2.53. The van der Waals surface area contributed by atoms with E-state index in [0.29, 0.717) is 17.7 Å². The van der Waals surface area contributed by atoms with Crippen LogP contribution in [0.1, 0.15) is 37.3 Å². The van der Waals surface area contributed by atoms with Gasteiger partial charge in [-0.2, -0.15) is 0 Å². The number of nitrogens with zero attached hydrogens (tertiary/aromatic N) is 2. The van der Waals surface area contributed by atoms with E-state index in [0.717, 1.165) is 64.0 Å². The molecule has 1 aromatic rings. The van der Waals surface area contributed by atoms with Crippen LogP contribution in [0.25, 0.3) is 0 Å². The molecule has 4 fully saturated rings. The van der Waals surface area contributed by atoms with Gasteiger partial charge in [0.05, 0.1) is 6.04 Å². The summed E-state index contributed by atoms with van der Waals surface area (Å²) in [7, 11) is 0. The van der Waals surface area contributed by atoms with Gasteiger partial charge in [0.15, 0.2) is 0 Å². The van der Waals surface area contributed by atoms with Gasteiger partial charge in [-0.05, 0) is 62.4 Å². The smallest absolute Gasteiger partial charge is 0.243 e. The van der Waals surface area contributed by atoms with Crippen LogP contribution in [0.4, 0.5) is 4.39 Å². The Balaban J connectivity index is 0.00000105. The number of fused-ring (bicyclic) bond motifs is 2. The molecule has 0 aliphatic carbocycles. The number of carbonyl (C=O) groups is 1. The number of nitrogens with one attached hydrogen (secondary N) is 1. The molecule has 4 aliphatic rings. The van der Waals surface area contributed by atoms with Crippen molar-refractivity contribution in [2.24, 2.45) is 11.8 Å². The molecule has 0 bridgehead atoms. The summed E-state index contributed by atoms with van der Waals surface area (Å²) in [6, 6.07) is 6.90. The SMILES string of the molecule is Cl.Cl.O=C(N1C[C@@H]2CNC[C@@H]2[C@@H]1c1cccc(F)c1)C12CCCN1CCC2. The lowest BCUT2D eigenvalue weighted by atomic mass is 9.88. The van der Waals surface area contributed by atoms with Crippen molar-refractivity contribution in [1.82, 2.24) is 15.1 Å². The molecule has 4 aliphatic heterocycles. The number of hydrogen-bond acceptors (Lipinski definition) is 3. The van der Waals surface area contributed by atoms with E-state index in [2.05, 4.69) is 15.1 Å². The van der Waals surface area contributed by atoms with Crippen molar-refractivity contribution in [3.8, 4) is 0 Å². The minimum Gasteiger partial charge on any atom is -0.333 e.